The molecule has 118 valence electrons. The van der Waals surface area contributed by atoms with Crippen molar-refractivity contribution in [1.82, 2.24) is 9.55 Å². The van der Waals surface area contributed by atoms with Crippen LogP contribution < -0.4 is 11.0 Å². The van der Waals surface area contributed by atoms with Crippen molar-refractivity contribution in [2.24, 2.45) is 0 Å². The van der Waals surface area contributed by atoms with E-state index >= 15 is 0 Å². The molecule has 0 fully saturated rings. The summed E-state index contributed by atoms with van der Waals surface area (Å²) in [6.07, 6.45) is -0.502. The zero-order chi connectivity index (χ0) is 16.0. The van der Waals surface area contributed by atoms with Crippen LogP contribution in [0.5, 0.6) is 0 Å². The average Bonchev–Trinajstić information content (AvgIpc) is 2.35. The van der Waals surface area contributed by atoms with E-state index in [1.54, 1.807) is 0 Å². The van der Waals surface area contributed by atoms with Gasteiger partial charge >= 0.3 is 13.3 Å². The number of carbonyl (C=O) groups excluding carboxylic acids is 1. The molecule has 11 heteroatoms. The molecule has 1 rings (SSSR count). The average molecular weight is 321 g/mol. The zero-order valence-corrected chi connectivity index (χ0v) is 12.1. The monoisotopic (exact) mass is 321 g/mol. The minimum absolute atomic E-state index is 0.0837. The largest absolute Gasteiger partial charge is 0.394 e. The molecule has 1 atom stereocenters. The first kappa shape index (κ1) is 17.5. The predicted molar refractivity (Wildman–Crippen MR) is 71.7 cm³/mol. The van der Waals surface area contributed by atoms with Crippen molar-refractivity contribution < 1.29 is 29.0 Å². The highest BCUT2D eigenvalue weighted by Gasteiger charge is 2.18. The van der Waals surface area contributed by atoms with Crippen LogP contribution in [0.15, 0.2) is 17.1 Å². The molecule has 1 unspecified atom stereocenters. The number of aromatic nitrogens is 2. The van der Waals surface area contributed by atoms with Crippen LogP contribution in [0.3, 0.4) is 0 Å². The second kappa shape index (κ2) is 7.43. The summed E-state index contributed by atoms with van der Waals surface area (Å²) in [6.45, 7) is 0.605. The summed E-state index contributed by atoms with van der Waals surface area (Å²) >= 11 is 0. The SMILES string of the molecule is CC(=O)Nc1ccn(CC(CO)OCP(=O)(O)O)c(=O)n1. The van der Waals surface area contributed by atoms with Gasteiger partial charge in [-0.05, 0) is 6.07 Å². The van der Waals surface area contributed by atoms with Gasteiger partial charge in [0.15, 0.2) is 0 Å². The third kappa shape index (κ3) is 6.61. The van der Waals surface area contributed by atoms with Crippen LogP contribution >= 0.6 is 7.60 Å². The smallest absolute Gasteiger partial charge is 0.350 e. The van der Waals surface area contributed by atoms with E-state index in [0.29, 0.717) is 0 Å². The molecular weight excluding hydrogens is 305 g/mol. The quantitative estimate of drug-likeness (QED) is 0.453. The molecule has 1 aromatic rings. The van der Waals surface area contributed by atoms with Crippen LogP contribution in [0.25, 0.3) is 0 Å². The molecule has 0 aliphatic heterocycles. The number of anilines is 1. The van der Waals surface area contributed by atoms with E-state index in [9.17, 15) is 14.2 Å². The van der Waals surface area contributed by atoms with Crippen molar-refractivity contribution in [3.8, 4) is 0 Å². The first-order chi connectivity index (χ1) is 9.71. The van der Waals surface area contributed by atoms with Gasteiger partial charge in [0.2, 0.25) is 5.91 Å². The van der Waals surface area contributed by atoms with Gasteiger partial charge in [0.25, 0.3) is 0 Å². The van der Waals surface area contributed by atoms with Gasteiger partial charge in [-0.25, -0.2) is 4.79 Å². The molecule has 0 radical (unpaired) electrons. The van der Waals surface area contributed by atoms with Crippen LogP contribution in [-0.2, 0) is 20.6 Å². The van der Waals surface area contributed by atoms with Crippen LogP contribution in [0, 0.1) is 0 Å². The lowest BCUT2D eigenvalue weighted by Crippen LogP contribution is -2.32. The van der Waals surface area contributed by atoms with Crippen LogP contribution in [0.2, 0.25) is 0 Å². The predicted octanol–water partition coefficient (Wildman–Crippen LogP) is -1.29. The number of hydrogen-bond donors (Lipinski definition) is 4. The van der Waals surface area contributed by atoms with Gasteiger partial charge in [0.1, 0.15) is 12.2 Å². The van der Waals surface area contributed by atoms with Crippen LogP contribution in [0.4, 0.5) is 5.82 Å². The fraction of sp³-hybridized carbons (Fsp3) is 0.500. The third-order valence-corrected chi connectivity index (χ3v) is 2.75. The number of nitrogens with zero attached hydrogens (tertiary/aromatic N) is 2. The van der Waals surface area contributed by atoms with Crippen molar-refractivity contribution in [3.05, 3.63) is 22.7 Å². The minimum atomic E-state index is -4.36. The molecule has 0 aromatic carbocycles. The van der Waals surface area contributed by atoms with Gasteiger partial charge in [-0.2, -0.15) is 4.98 Å². The van der Waals surface area contributed by atoms with E-state index in [2.05, 4.69) is 10.3 Å². The Bertz CT molecular complexity index is 597. The topological polar surface area (TPSA) is 151 Å². The van der Waals surface area contributed by atoms with E-state index in [0.717, 1.165) is 4.57 Å². The molecular formula is C10H16N3O7P. The fourth-order valence-corrected chi connectivity index (χ4v) is 1.81. The van der Waals surface area contributed by atoms with Gasteiger partial charge in [-0.1, -0.05) is 0 Å². The molecule has 1 aromatic heterocycles. The Balaban J connectivity index is 2.74. The molecule has 0 aliphatic rings. The van der Waals surface area contributed by atoms with Crippen molar-refractivity contribution in [3.63, 3.8) is 0 Å². The van der Waals surface area contributed by atoms with Crippen molar-refractivity contribution in [2.45, 2.75) is 19.6 Å². The fourth-order valence-electron chi connectivity index (χ4n) is 1.40. The first-order valence-corrected chi connectivity index (χ1v) is 7.63. The maximum absolute atomic E-state index is 11.7. The molecule has 0 saturated carbocycles. The number of aliphatic hydroxyl groups is 1. The third-order valence-electron chi connectivity index (χ3n) is 2.26. The summed E-state index contributed by atoms with van der Waals surface area (Å²) in [6, 6.07) is 1.38. The minimum Gasteiger partial charge on any atom is -0.394 e. The van der Waals surface area contributed by atoms with E-state index < -0.39 is 32.3 Å². The summed E-state index contributed by atoms with van der Waals surface area (Å²) in [5.74, 6) is -0.293. The number of aliphatic hydroxyl groups excluding tert-OH is 1. The molecule has 4 N–H and O–H groups in total. The molecule has 10 nitrogen and oxygen atoms in total. The molecule has 21 heavy (non-hydrogen) atoms. The van der Waals surface area contributed by atoms with Crippen LogP contribution in [0.1, 0.15) is 6.92 Å². The number of hydrogen-bond acceptors (Lipinski definition) is 6. The van der Waals surface area contributed by atoms with E-state index in [1.165, 1.54) is 19.2 Å². The van der Waals surface area contributed by atoms with Gasteiger partial charge in [0.05, 0.1) is 19.3 Å². The standard InChI is InChI=1S/C10H16N3O7P/c1-7(15)11-9-2-3-13(10(16)12-9)4-8(5-14)20-6-21(17,18)19/h2-3,8,14H,4-6H2,1H3,(H2,17,18,19)(H,11,12,15,16). The number of rotatable bonds is 7. The highest BCUT2D eigenvalue weighted by Crippen LogP contribution is 2.34. The number of ether oxygens (including phenoxy) is 1. The van der Waals surface area contributed by atoms with Gasteiger partial charge < -0.3 is 24.9 Å². The van der Waals surface area contributed by atoms with E-state index in [-0.39, 0.29) is 18.3 Å². The first-order valence-electron chi connectivity index (χ1n) is 5.83. The van der Waals surface area contributed by atoms with Crippen molar-refractivity contribution in [1.29, 1.82) is 0 Å². The van der Waals surface area contributed by atoms with Crippen LogP contribution in [-0.4, -0.2) is 49.4 Å². The van der Waals surface area contributed by atoms with Gasteiger partial charge in [-0.3, -0.25) is 13.9 Å². The lowest BCUT2D eigenvalue weighted by Gasteiger charge is -2.17. The molecule has 0 saturated heterocycles. The molecule has 1 heterocycles. The highest BCUT2D eigenvalue weighted by atomic mass is 31.2. The lowest BCUT2D eigenvalue weighted by atomic mass is 10.3. The van der Waals surface area contributed by atoms with E-state index in [1.807, 2.05) is 0 Å². The Kier molecular flexibility index (Phi) is 6.19. The normalized spacial score (nSPS) is 13.0. The molecule has 0 spiro atoms. The maximum atomic E-state index is 11.7. The van der Waals surface area contributed by atoms with Crippen molar-refractivity contribution >= 4 is 19.3 Å². The Morgan fingerprint density at radius 1 is 1.57 bits per heavy atom. The van der Waals surface area contributed by atoms with E-state index in [4.69, 9.17) is 19.6 Å². The lowest BCUT2D eigenvalue weighted by molar-refractivity contribution is -0.114. The molecule has 0 aliphatic carbocycles. The maximum Gasteiger partial charge on any atom is 0.350 e. The highest BCUT2D eigenvalue weighted by molar-refractivity contribution is 7.51. The Labute approximate surface area is 119 Å². The summed E-state index contributed by atoms with van der Waals surface area (Å²) in [7, 11) is -4.36. The Morgan fingerprint density at radius 3 is 2.71 bits per heavy atom. The summed E-state index contributed by atoms with van der Waals surface area (Å²) in [5, 5.41) is 11.4. The summed E-state index contributed by atoms with van der Waals surface area (Å²) in [5.41, 5.74) is -0.695. The number of nitrogens with one attached hydrogen (secondary N) is 1. The zero-order valence-electron chi connectivity index (χ0n) is 11.2. The molecule has 1 amide bonds. The number of amides is 1. The summed E-state index contributed by atoms with van der Waals surface area (Å²) in [4.78, 5) is 43.5. The number of carbonyl (C=O) groups is 1. The van der Waals surface area contributed by atoms with Gasteiger partial charge in [-0.15, -0.1) is 0 Å². The van der Waals surface area contributed by atoms with Gasteiger partial charge in [0, 0.05) is 13.1 Å². The Hall–Kier alpha value is -1.58. The second-order valence-corrected chi connectivity index (χ2v) is 5.78. The molecule has 0 bridgehead atoms. The second-order valence-electron chi connectivity index (χ2n) is 4.19. The summed E-state index contributed by atoms with van der Waals surface area (Å²) < 4.78 is 16.6. The van der Waals surface area contributed by atoms with Crippen molar-refractivity contribution in [2.75, 3.05) is 18.3 Å². The Morgan fingerprint density at radius 2 is 2.24 bits per heavy atom.